The van der Waals surface area contributed by atoms with E-state index in [0.717, 1.165) is 48.6 Å². The third-order valence-electron chi connectivity index (χ3n) is 7.03. The second-order valence-corrected chi connectivity index (χ2v) is 11.2. The van der Waals surface area contributed by atoms with Crippen LogP contribution in [0.25, 0.3) is 11.4 Å². The van der Waals surface area contributed by atoms with Gasteiger partial charge in [-0.2, -0.15) is 0 Å². The van der Waals surface area contributed by atoms with Crippen LogP contribution in [0.4, 0.5) is 16.3 Å². The van der Waals surface area contributed by atoms with Gasteiger partial charge >= 0.3 is 6.09 Å². The zero-order valence-electron chi connectivity index (χ0n) is 21.6. The predicted octanol–water partition coefficient (Wildman–Crippen LogP) is 5.47. The summed E-state index contributed by atoms with van der Waals surface area (Å²) >= 11 is 1.90. The Morgan fingerprint density at radius 2 is 1.97 bits per heavy atom. The fraction of sp³-hybridized carbons (Fsp3) is 0.414. The molecule has 2 N–H and O–H groups in total. The first-order chi connectivity index (χ1) is 18.6. The summed E-state index contributed by atoms with van der Waals surface area (Å²) in [4.78, 5) is 24.7. The molecule has 9 heteroatoms. The normalized spacial score (nSPS) is 18.5. The number of nitrogens with one attached hydrogen (secondary N) is 1. The fourth-order valence-corrected chi connectivity index (χ4v) is 6.25. The molecule has 1 amide bonds. The molecule has 1 aliphatic carbocycles. The van der Waals surface area contributed by atoms with Crippen LogP contribution in [0, 0.1) is 0 Å². The van der Waals surface area contributed by atoms with Crippen LogP contribution in [0.1, 0.15) is 38.3 Å². The van der Waals surface area contributed by atoms with Crippen molar-refractivity contribution in [2.24, 2.45) is 0 Å². The van der Waals surface area contributed by atoms with Gasteiger partial charge in [-0.15, -0.1) is 11.8 Å². The van der Waals surface area contributed by atoms with Gasteiger partial charge in [-0.05, 0) is 74.8 Å². The first kappa shape index (κ1) is 26.5. The van der Waals surface area contributed by atoms with Crippen molar-refractivity contribution in [1.29, 1.82) is 0 Å². The highest BCUT2D eigenvalue weighted by Gasteiger charge is 2.41. The maximum atomic E-state index is 12.3. The Hall–Kier alpha value is -3.14. The molecule has 0 spiro atoms. The zero-order chi connectivity index (χ0) is 26.4. The quantitative estimate of drug-likeness (QED) is 0.349. The number of hydrogen-bond acceptors (Lipinski definition) is 8. The molecule has 2 aromatic carbocycles. The Morgan fingerprint density at radius 3 is 2.66 bits per heavy atom. The van der Waals surface area contributed by atoms with Gasteiger partial charge in [0.25, 0.3) is 0 Å². The van der Waals surface area contributed by atoms with Crippen molar-refractivity contribution in [3.63, 3.8) is 0 Å². The lowest BCUT2D eigenvalue weighted by Gasteiger charge is -2.42. The van der Waals surface area contributed by atoms with Crippen LogP contribution in [0.15, 0.2) is 60.7 Å². The molecule has 0 radical (unpaired) electrons. The maximum absolute atomic E-state index is 12.3. The molecule has 0 bridgehead atoms. The Kier molecular flexibility index (Phi) is 8.46. The number of para-hydroxylation sites is 1. The highest BCUT2D eigenvalue weighted by Crippen LogP contribution is 2.52. The Bertz CT molecular complexity index is 1220. The summed E-state index contributed by atoms with van der Waals surface area (Å²) in [5.74, 6) is 2.98. The molecule has 1 saturated carbocycles. The number of thioether (sulfide) groups is 1. The SMILES string of the molecule is C[C@H]1COCCN1c1cc(C2(SCCCO)CCC2)nc(-c2ccc(NC(=O)Oc3ccccc3)cc2)n1. The number of anilines is 2. The number of amides is 1. The van der Waals surface area contributed by atoms with Gasteiger partial charge in [0, 0.05) is 30.5 Å². The molecule has 0 unspecified atom stereocenters. The number of aliphatic hydroxyl groups is 1. The van der Waals surface area contributed by atoms with Crippen molar-refractivity contribution in [3.05, 3.63) is 66.4 Å². The number of aromatic nitrogens is 2. The number of hydrogen-bond donors (Lipinski definition) is 2. The van der Waals surface area contributed by atoms with Gasteiger partial charge in [0.15, 0.2) is 5.82 Å². The zero-order valence-corrected chi connectivity index (χ0v) is 22.5. The lowest BCUT2D eigenvalue weighted by atomic mass is 9.81. The van der Waals surface area contributed by atoms with Gasteiger partial charge in [-0.25, -0.2) is 14.8 Å². The third-order valence-corrected chi connectivity index (χ3v) is 8.69. The van der Waals surface area contributed by atoms with Crippen LogP contribution in [0.3, 0.4) is 0 Å². The van der Waals surface area contributed by atoms with Gasteiger partial charge in [-0.1, -0.05) is 18.2 Å². The number of rotatable bonds is 9. The summed E-state index contributed by atoms with van der Waals surface area (Å²) in [5, 5.41) is 12.1. The summed E-state index contributed by atoms with van der Waals surface area (Å²) in [6.45, 7) is 4.49. The molecule has 2 fully saturated rings. The van der Waals surface area contributed by atoms with E-state index in [0.29, 0.717) is 30.5 Å². The molecule has 2 heterocycles. The predicted molar refractivity (Wildman–Crippen MR) is 151 cm³/mol. The van der Waals surface area contributed by atoms with Crippen molar-refractivity contribution in [2.45, 2.75) is 43.4 Å². The smallest absolute Gasteiger partial charge is 0.410 e. The summed E-state index contributed by atoms with van der Waals surface area (Å²) < 4.78 is 11.0. The highest BCUT2D eigenvalue weighted by atomic mass is 32.2. The molecule has 200 valence electrons. The van der Waals surface area contributed by atoms with Gasteiger partial charge in [0.1, 0.15) is 11.6 Å². The average molecular weight is 535 g/mol. The van der Waals surface area contributed by atoms with E-state index in [9.17, 15) is 9.90 Å². The van der Waals surface area contributed by atoms with Gasteiger partial charge in [0.2, 0.25) is 0 Å². The van der Waals surface area contributed by atoms with Crippen molar-refractivity contribution in [2.75, 3.05) is 42.3 Å². The summed E-state index contributed by atoms with van der Waals surface area (Å²) in [5.41, 5.74) is 2.56. The van der Waals surface area contributed by atoms with Crippen molar-refractivity contribution in [3.8, 4) is 17.1 Å². The number of benzene rings is 2. The molecular weight excluding hydrogens is 500 g/mol. The lowest BCUT2D eigenvalue weighted by Crippen LogP contribution is -2.44. The minimum absolute atomic E-state index is 0.0418. The van der Waals surface area contributed by atoms with E-state index < -0.39 is 6.09 Å². The Morgan fingerprint density at radius 1 is 1.18 bits per heavy atom. The standard InChI is InChI=1S/C29H34N4O4S/c1-21-20-36-17-15-33(21)26-19-25(29(13-5-14-29)38-18-6-16-34)31-27(32-26)22-9-11-23(12-10-22)30-28(35)37-24-7-3-2-4-8-24/h2-4,7-12,19,21,34H,5-6,13-18,20H2,1H3,(H,30,35)/t21-/m0/s1. The fourth-order valence-electron chi connectivity index (χ4n) is 4.76. The Balaban J connectivity index is 1.40. The summed E-state index contributed by atoms with van der Waals surface area (Å²) in [7, 11) is 0. The van der Waals surface area contributed by atoms with Crippen molar-refractivity contribution in [1.82, 2.24) is 9.97 Å². The van der Waals surface area contributed by atoms with Crippen LogP contribution in [0.5, 0.6) is 5.75 Å². The van der Waals surface area contributed by atoms with Gasteiger partial charge in [-0.3, -0.25) is 5.32 Å². The third kappa shape index (κ3) is 6.11. The van der Waals surface area contributed by atoms with E-state index in [-0.39, 0.29) is 17.4 Å². The van der Waals surface area contributed by atoms with Crippen LogP contribution >= 0.6 is 11.8 Å². The number of carbonyl (C=O) groups is 1. The van der Waals surface area contributed by atoms with Gasteiger partial charge in [0.05, 0.1) is 29.7 Å². The summed E-state index contributed by atoms with van der Waals surface area (Å²) in [6.07, 6.45) is 3.55. The van der Waals surface area contributed by atoms with E-state index in [2.05, 4.69) is 23.2 Å². The van der Waals surface area contributed by atoms with Crippen LogP contribution in [-0.2, 0) is 9.48 Å². The van der Waals surface area contributed by atoms with Crippen molar-refractivity contribution < 1.29 is 19.4 Å². The number of ether oxygens (including phenoxy) is 2. The largest absolute Gasteiger partial charge is 0.417 e. The summed E-state index contributed by atoms with van der Waals surface area (Å²) in [6, 6.07) is 18.9. The van der Waals surface area contributed by atoms with Crippen LogP contribution in [0.2, 0.25) is 0 Å². The van der Waals surface area contributed by atoms with E-state index in [4.69, 9.17) is 19.4 Å². The average Bonchev–Trinajstić information content (AvgIpc) is 2.91. The molecule has 5 rings (SSSR count). The van der Waals surface area contributed by atoms with Crippen LogP contribution < -0.4 is 15.0 Å². The van der Waals surface area contributed by atoms with E-state index in [1.54, 1.807) is 12.1 Å². The minimum atomic E-state index is -0.544. The molecule has 38 heavy (non-hydrogen) atoms. The van der Waals surface area contributed by atoms with E-state index >= 15 is 0 Å². The number of aliphatic hydroxyl groups excluding tert-OH is 1. The maximum Gasteiger partial charge on any atom is 0.417 e. The molecule has 8 nitrogen and oxygen atoms in total. The molecule has 1 aromatic heterocycles. The van der Waals surface area contributed by atoms with E-state index in [1.165, 1.54) is 6.42 Å². The van der Waals surface area contributed by atoms with Crippen LogP contribution in [-0.4, -0.2) is 59.3 Å². The molecule has 1 saturated heterocycles. The number of morpholine rings is 1. The monoisotopic (exact) mass is 534 g/mol. The van der Waals surface area contributed by atoms with E-state index in [1.807, 2.05) is 54.2 Å². The molecule has 1 aliphatic heterocycles. The minimum Gasteiger partial charge on any atom is -0.410 e. The molecule has 1 atom stereocenters. The lowest BCUT2D eigenvalue weighted by molar-refractivity contribution is 0.0985. The first-order valence-corrected chi connectivity index (χ1v) is 14.2. The second-order valence-electron chi connectivity index (χ2n) is 9.73. The van der Waals surface area contributed by atoms with Crippen molar-refractivity contribution >= 4 is 29.4 Å². The number of nitrogens with zero attached hydrogens (tertiary/aromatic N) is 3. The molecule has 3 aromatic rings. The molecule has 2 aliphatic rings. The number of carbonyl (C=O) groups excluding carboxylic acids is 1. The topological polar surface area (TPSA) is 96.8 Å². The van der Waals surface area contributed by atoms with Gasteiger partial charge < -0.3 is 19.5 Å². The Labute approximate surface area is 227 Å². The first-order valence-electron chi connectivity index (χ1n) is 13.2. The highest BCUT2D eigenvalue weighted by molar-refractivity contribution is 8.00. The second kappa shape index (κ2) is 12.1. The molecular formula is C29H34N4O4S.